The average molecular weight is 322 g/mol. The third-order valence-corrected chi connectivity index (χ3v) is 4.15. The highest BCUT2D eigenvalue weighted by atomic mass is 16.2. The second-order valence-corrected chi connectivity index (χ2v) is 6.52. The number of rotatable bonds is 5. The average Bonchev–Trinajstić information content (AvgIpc) is 3.39. The minimum atomic E-state index is -0.169. The highest BCUT2D eigenvalue weighted by Crippen LogP contribution is 2.24. The van der Waals surface area contributed by atoms with E-state index < -0.39 is 0 Å². The molecule has 4 nitrogen and oxygen atoms in total. The molecule has 1 aliphatic carbocycles. The van der Waals surface area contributed by atoms with Crippen LogP contribution in [0, 0.1) is 0 Å². The number of hydrogen-bond acceptors (Lipinski definition) is 2. The summed E-state index contributed by atoms with van der Waals surface area (Å²) >= 11 is 0. The molecule has 2 amide bonds. The number of carbonyl (C=O) groups excluding carboxylic acids is 2. The van der Waals surface area contributed by atoms with Crippen LogP contribution in [-0.2, 0) is 0 Å². The molecule has 0 spiro atoms. The lowest BCUT2D eigenvalue weighted by Crippen LogP contribution is -2.25. The quantitative estimate of drug-likeness (QED) is 0.875. The Morgan fingerprint density at radius 3 is 2.08 bits per heavy atom. The topological polar surface area (TPSA) is 58.2 Å². The van der Waals surface area contributed by atoms with Gasteiger partial charge < -0.3 is 10.6 Å². The molecule has 0 aliphatic heterocycles. The maximum absolute atomic E-state index is 12.4. The Morgan fingerprint density at radius 1 is 0.917 bits per heavy atom. The first-order valence-electron chi connectivity index (χ1n) is 8.36. The molecule has 1 saturated carbocycles. The minimum Gasteiger partial charge on any atom is -0.349 e. The second kappa shape index (κ2) is 6.87. The summed E-state index contributed by atoms with van der Waals surface area (Å²) in [5.41, 5.74) is 3.05. The van der Waals surface area contributed by atoms with E-state index in [4.69, 9.17) is 0 Å². The van der Waals surface area contributed by atoms with Gasteiger partial charge in [0.2, 0.25) is 0 Å². The molecule has 1 aliphatic rings. The lowest BCUT2D eigenvalue weighted by molar-refractivity contribution is 0.0949. The molecule has 124 valence electrons. The van der Waals surface area contributed by atoms with Crippen LogP contribution < -0.4 is 10.6 Å². The molecule has 2 aromatic carbocycles. The molecule has 0 heterocycles. The highest BCUT2D eigenvalue weighted by Gasteiger charge is 2.23. The summed E-state index contributed by atoms with van der Waals surface area (Å²) in [6.45, 7) is 4.19. The molecule has 3 rings (SSSR count). The first-order chi connectivity index (χ1) is 11.5. The zero-order valence-electron chi connectivity index (χ0n) is 14.0. The van der Waals surface area contributed by atoms with Gasteiger partial charge in [-0.05, 0) is 54.7 Å². The van der Waals surface area contributed by atoms with Crippen LogP contribution in [0.1, 0.15) is 58.9 Å². The van der Waals surface area contributed by atoms with E-state index in [1.807, 2.05) is 24.3 Å². The van der Waals surface area contributed by atoms with Gasteiger partial charge in [-0.25, -0.2) is 0 Å². The van der Waals surface area contributed by atoms with Crippen molar-refractivity contribution in [1.29, 1.82) is 0 Å². The van der Waals surface area contributed by atoms with E-state index in [1.165, 1.54) is 0 Å². The van der Waals surface area contributed by atoms with Crippen LogP contribution in [0.15, 0.2) is 48.5 Å². The number of carbonyl (C=O) groups is 2. The first kappa shape index (κ1) is 16.2. The fraction of sp³-hybridized carbons (Fsp3) is 0.300. The Morgan fingerprint density at radius 2 is 1.50 bits per heavy atom. The van der Waals surface area contributed by atoms with Crippen LogP contribution in [0.3, 0.4) is 0 Å². The Hall–Kier alpha value is -2.62. The van der Waals surface area contributed by atoms with E-state index in [9.17, 15) is 9.59 Å². The van der Waals surface area contributed by atoms with E-state index in [0.29, 0.717) is 23.1 Å². The van der Waals surface area contributed by atoms with Crippen LogP contribution >= 0.6 is 0 Å². The van der Waals surface area contributed by atoms with Crippen molar-refractivity contribution in [3.05, 3.63) is 65.2 Å². The Balaban J connectivity index is 1.70. The fourth-order valence-corrected chi connectivity index (χ4v) is 2.58. The van der Waals surface area contributed by atoms with Crippen molar-refractivity contribution in [2.45, 2.75) is 38.6 Å². The summed E-state index contributed by atoms with van der Waals surface area (Å²) in [4.78, 5) is 24.4. The molecule has 4 heteroatoms. The predicted octanol–water partition coefficient (Wildman–Crippen LogP) is 3.95. The monoisotopic (exact) mass is 322 g/mol. The van der Waals surface area contributed by atoms with Crippen molar-refractivity contribution >= 4 is 17.5 Å². The van der Waals surface area contributed by atoms with E-state index in [-0.39, 0.29) is 11.8 Å². The Bertz CT molecular complexity index is 746. The van der Waals surface area contributed by atoms with Gasteiger partial charge in [-0.1, -0.05) is 32.0 Å². The smallest absolute Gasteiger partial charge is 0.255 e. The number of amides is 2. The van der Waals surface area contributed by atoms with Gasteiger partial charge in [-0.2, -0.15) is 0 Å². The van der Waals surface area contributed by atoms with E-state index in [1.54, 1.807) is 24.3 Å². The fourth-order valence-electron chi connectivity index (χ4n) is 2.58. The Labute approximate surface area is 142 Å². The van der Waals surface area contributed by atoms with Crippen LogP contribution in [0.25, 0.3) is 0 Å². The molecule has 0 unspecified atom stereocenters. The van der Waals surface area contributed by atoms with Crippen LogP contribution in [0.5, 0.6) is 0 Å². The molecule has 2 N–H and O–H groups in total. The molecule has 24 heavy (non-hydrogen) atoms. The van der Waals surface area contributed by atoms with E-state index in [2.05, 4.69) is 24.5 Å². The molecule has 0 radical (unpaired) electrons. The Kier molecular flexibility index (Phi) is 4.65. The highest BCUT2D eigenvalue weighted by molar-refractivity contribution is 6.05. The maximum atomic E-state index is 12.4. The minimum absolute atomic E-state index is 0.0744. The van der Waals surface area contributed by atoms with Gasteiger partial charge in [0.05, 0.1) is 0 Å². The molecule has 0 saturated heterocycles. The molecule has 0 atom stereocenters. The largest absolute Gasteiger partial charge is 0.349 e. The number of hydrogen-bond donors (Lipinski definition) is 2. The van der Waals surface area contributed by atoms with Crippen LogP contribution in [-0.4, -0.2) is 17.9 Å². The number of nitrogens with one attached hydrogen (secondary N) is 2. The van der Waals surface area contributed by atoms with Gasteiger partial charge in [-0.15, -0.1) is 0 Å². The lowest BCUT2D eigenvalue weighted by Gasteiger charge is -2.13. The normalized spacial score (nSPS) is 13.6. The van der Waals surface area contributed by atoms with Crippen LogP contribution in [0.4, 0.5) is 5.69 Å². The van der Waals surface area contributed by atoms with Gasteiger partial charge >= 0.3 is 0 Å². The molecule has 0 bridgehead atoms. The van der Waals surface area contributed by atoms with Crippen molar-refractivity contribution in [3.8, 4) is 0 Å². The van der Waals surface area contributed by atoms with Crippen molar-refractivity contribution < 1.29 is 9.59 Å². The zero-order valence-corrected chi connectivity index (χ0v) is 14.0. The van der Waals surface area contributed by atoms with Gasteiger partial charge in [0.1, 0.15) is 0 Å². The van der Waals surface area contributed by atoms with Crippen molar-refractivity contribution in [3.63, 3.8) is 0 Å². The lowest BCUT2D eigenvalue weighted by atomic mass is 10.0. The predicted molar refractivity (Wildman–Crippen MR) is 95.4 cm³/mol. The summed E-state index contributed by atoms with van der Waals surface area (Å²) in [5.74, 6) is 0.0851. The molecule has 1 fully saturated rings. The van der Waals surface area contributed by atoms with Crippen molar-refractivity contribution in [1.82, 2.24) is 5.32 Å². The molecule has 0 aromatic heterocycles. The third-order valence-electron chi connectivity index (χ3n) is 4.15. The summed E-state index contributed by atoms with van der Waals surface area (Å²) < 4.78 is 0. The van der Waals surface area contributed by atoms with Gasteiger partial charge in [-0.3, -0.25) is 9.59 Å². The SMILES string of the molecule is CC(C)c1ccccc1NC(=O)c1ccc(C(=O)NC2CC2)cc1. The maximum Gasteiger partial charge on any atom is 0.255 e. The molecular formula is C20H22N2O2. The first-order valence-corrected chi connectivity index (χ1v) is 8.36. The summed E-state index contributed by atoms with van der Waals surface area (Å²) in [7, 11) is 0. The zero-order chi connectivity index (χ0) is 17.1. The van der Waals surface area contributed by atoms with E-state index in [0.717, 1.165) is 24.1 Å². The van der Waals surface area contributed by atoms with Crippen molar-refractivity contribution in [2.24, 2.45) is 0 Å². The number of anilines is 1. The second-order valence-electron chi connectivity index (χ2n) is 6.52. The summed E-state index contributed by atoms with van der Waals surface area (Å²) in [6.07, 6.45) is 2.11. The van der Waals surface area contributed by atoms with Gasteiger partial charge in [0.25, 0.3) is 11.8 Å². The van der Waals surface area contributed by atoms with Crippen molar-refractivity contribution in [2.75, 3.05) is 5.32 Å². The van der Waals surface area contributed by atoms with Gasteiger partial charge in [0, 0.05) is 22.9 Å². The summed E-state index contributed by atoms with van der Waals surface area (Å²) in [6, 6.07) is 14.9. The van der Waals surface area contributed by atoms with E-state index >= 15 is 0 Å². The molecule has 2 aromatic rings. The third kappa shape index (κ3) is 3.82. The molecular weight excluding hydrogens is 300 g/mol. The van der Waals surface area contributed by atoms with Gasteiger partial charge in [0.15, 0.2) is 0 Å². The van der Waals surface area contributed by atoms with Crippen LogP contribution in [0.2, 0.25) is 0 Å². The summed E-state index contributed by atoms with van der Waals surface area (Å²) in [5, 5.41) is 5.90. The number of benzene rings is 2. The standard InChI is InChI=1S/C20H22N2O2/c1-13(2)17-5-3-4-6-18(17)22-20(24)15-9-7-14(8-10-15)19(23)21-16-11-12-16/h3-10,13,16H,11-12H2,1-2H3,(H,21,23)(H,22,24). The number of para-hydroxylation sites is 1.